The number of aromatic nitrogens is 2. The van der Waals surface area contributed by atoms with Crippen LogP contribution in [0.25, 0.3) is 0 Å². The van der Waals surface area contributed by atoms with E-state index in [0.29, 0.717) is 22.6 Å². The Morgan fingerprint density at radius 1 is 1.56 bits per heavy atom. The number of ether oxygens (including phenoxy) is 1. The van der Waals surface area contributed by atoms with Gasteiger partial charge >= 0.3 is 0 Å². The number of nitrogens with zero attached hydrogens (tertiary/aromatic N) is 2. The first kappa shape index (κ1) is 12.9. The van der Waals surface area contributed by atoms with Crippen molar-refractivity contribution in [3.05, 3.63) is 6.33 Å². The summed E-state index contributed by atoms with van der Waals surface area (Å²) < 4.78 is 5.14. The molecule has 6 heteroatoms. The molecule has 90 valence electrons. The molecule has 0 amide bonds. The van der Waals surface area contributed by atoms with Gasteiger partial charge in [-0.1, -0.05) is 6.92 Å². The van der Waals surface area contributed by atoms with Gasteiger partial charge in [0.25, 0.3) is 0 Å². The average molecular weight is 242 g/mol. The molecular weight excluding hydrogens is 224 g/mol. The van der Waals surface area contributed by atoms with Crippen molar-refractivity contribution in [1.29, 1.82) is 0 Å². The molecule has 1 heterocycles. The highest BCUT2D eigenvalue weighted by Gasteiger charge is 2.09. The molecule has 0 aliphatic carbocycles. The monoisotopic (exact) mass is 242 g/mol. The molecular formula is C10H18N4OS. The molecule has 3 N–H and O–H groups in total. The molecule has 0 aromatic carbocycles. The standard InChI is InChI=1S/C10H18N4OS/c1-7(16-3)4-5-12-10-8(15-2)9(11)13-6-14-10/h6-7H,4-5H2,1-3H3,(H3,11,12,13,14). The number of thioether (sulfide) groups is 1. The van der Waals surface area contributed by atoms with Gasteiger partial charge < -0.3 is 15.8 Å². The van der Waals surface area contributed by atoms with Crippen LogP contribution in [0.1, 0.15) is 13.3 Å². The zero-order valence-electron chi connectivity index (χ0n) is 9.86. The fraction of sp³-hybridized carbons (Fsp3) is 0.600. The summed E-state index contributed by atoms with van der Waals surface area (Å²) in [5, 5.41) is 3.82. The lowest BCUT2D eigenvalue weighted by Crippen LogP contribution is -2.11. The second-order valence-corrected chi connectivity index (χ2v) is 4.68. The fourth-order valence-electron chi connectivity index (χ4n) is 1.23. The van der Waals surface area contributed by atoms with Crippen LogP contribution in [0.5, 0.6) is 5.75 Å². The highest BCUT2D eigenvalue weighted by atomic mass is 32.2. The zero-order chi connectivity index (χ0) is 12.0. The van der Waals surface area contributed by atoms with Crippen molar-refractivity contribution in [2.75, 3.05) is 31.0 Å². The average Bonchev–Trinajstić information content (AvgIpc) is 2.29. The molecule has 1 aromatic heterocycles. The number of nitrogens with one attached hydrogen (secondary N) is 1. The Kier molecular flexibility index (Phi) is 5.18. The van der Waals surface area contributed by atoms with Crippen LogP contribution < -0.4 is 15.8 Å². The molecule has 0 saturated carbocycles. The number of methoxy groups -OCH3 is 1. The van der Waals surface area contributed by atoms with E-state index in [1.165, 1.54) is 6.33 Å². The predicted octanol–water partition coefficient (Wildman–Crippen LogP) is 1.62. The molecule has 5 nitrogen and oxygen atoms in total. The summed E-state index contributed by atoms with van der Waals surface area (Å²) in [7, 11) is 1.56. The van der Waals surface area contributed by atoms with Crippen LogP contribution in [0.4, 0.5) is 11.6 Å². The minimum atomic E-state index is 0.359. The van der Waals surface area contributed by atoms with Crippen molar-refractivity contribution in [2.45, 2.75) is 18.6 Å². The van der Waals surface area contributed by atoms with Gasteiger partial charge in [0.05, 0.1) is 7.11 Å². The van der Waals surface area contributed by atoms with Gasteiger partial charge in [0.1, 0.15) is 6.33 Å². The lowest BCUT2D eigenvalue weighted by molar-refractivity contribution is 0.415. The summed E-state index contributed by atoms with van der Waals surface area (Å²) in [6, 6.07) is 0. The normalized spacial score (nSPS) is 12.2. The van der Waals surface area contributed by atoms with Crippen molar-refractivity contribution < 1.29 is 4.74 Å². The highest BCUT2D eigenvalue weighted by Crippen LogP contribution is 2.26. The lowest BCUT2D eigenvalue weighted by atomic mass is 10.3. The molecule has 1 rings (SSSR count). The SMILES string of the molecule is COc1c(N)ncnc1NCCC(C)SC. The maximum atomic E-state index is 5.67. The highest BCUT2D eigenvalue weighted by molar-refractivity contribution is 7.99. The second-order valence-electron chi connectivity index (χ2n) is 3.40. The summed E-state index contributed by atoms with van der Waals surface area (Å²) in [5.41, 5.74) is 5.67. The van der Waals surface area contributed by atoms with E-state index in [2.05, 4.69) is 28.5 Å². The zero-order valence-corrected chi connectivity index (χ0v) is 10.7. The van der Waals surface area contributed by atoms with Crippen LogP contribution in [0, 0.1) is 0 Å². The lowest BCUT2D eigenvalue weighted by Gasteiger charge is -2.12. The van der Waals surface area contributed by atoms with Crippen LogP contribution >= 0.6 is 11.8 Å². The van der Waals surface area contributed by atoms with E-state index in [1.807, 2.05) is 11.8 Å². The summed E-state index contributed by atoms with van der Waals surface area (Å²) in [4.78, 5) is 7.97. The molecule has 1 unspecified atom stereocenters. The molecule has 0 aliphatic heterocycles. The van der Waals surface area contributed by atoms with Crippen molar-refractivity contribution in [2.24, 2.45) is 0 Å². The summed E-state index contributed by atoms with van der Waals surface area (Å²) in [6.07, 6.45) is 4.60. The van der Waals surface area contributed by atoms with Crippen molar-refractivity contribution in [3.8, 4) is 5.75 Å². The first-order valence-corrected chi connectivity index (χ1v) is 6.39. The summed E-state index contributed by atoms with van der Waals surface area (Å²) >= 11 is 1.84. The quantitative estimate of drug-likeness (QED) is 0.789. The molecule has 0 bridgehead atoms. The third-order valence-electron chi connectivity index (χ3n) is 2.28. The molecule has 1 atom stereocenters. The summed E-state index contributed by atoms with van der Waals surface area (Å²) in [6.45, 7) is 3.03. The number of hydrogen-bond donors (Lipinski definition) is 2. The minimum Gasteiger partial charge on any atom is -0.490 e. The van der Waals surface area contributed by atoms with Crippen molar-refractivity contribution in [1.82, 2.24) is 9.97 Å². The van der Waals surface area contributed by atoms with Gasteiger partial charge in [-0.05, 0) is 12.7 Å². The third kappa shape index (κ3) is 3.44. The van der Waals surface area contributed by atoms with Gasteiger partial charge in [0, 0.05) is 11.8 Å². The van der Waals surface area contributed by atoms with Crippen LogP contribution in [0.2, 0.25) is 0 Å². The Bertz CT molecular complexity index is 335. The Balaban J connectivity index is 2.56. The van der Waals surface area contributed by atoms with Gasteiger partial charge in [-0.25, -0.2) is 9.97 Å². The molecule has 0 aliphatic rings. The van der Waals surface area contributed by atoms with Crippen LogP contribution in [-0.4, -0.2) is 35.1 Å². The topological polar surface area (TPSA) is 73.1 Å². The molecule has 1 aromatic rings. The Labute approximate surface area is 100 Å². The van der Waals surface area contributed by atoms with E-state index in [9.17, 15) is 0 Å². The maximum absolute atomic E-state index is 5.67. The number of rotatable bonds is 6. The van der Waals surface area contributed by atoms with E-state index in [-0.39, 0.29) is 0 Å². The van der Waals surface area contributed by atoms with Crippen LogP contribution in [-0.2, 0) is 0 Å². The Morgan fingerprint density at radius 3 is 2.94 bits per heavy atom. The third-order valence-corrected chi connectivity index (χ3v) is 3.32. The van der Waals surface area contributed by atoms with E-state index < -0.39 is 0 Å². The fourth-order valence-corrected chi connectivity index (χ4v) is 1.58. The summed E-state index contributed by atoms with van der Waals surface area (Å²) in [5.74, 6) is 1.53. The van der Waals surface area contributed by atoms with Gasteiger partial charge in [-0.3, -0.25) is 0 Å². The van der Waals surface area contributed by atoms with Crippen LogP contribution in [0.3, 0.4) is 0 Å². The number of nitrogens with two attached hydrogens (primary N) is 1. The first-order valence-electron chi connectivity index (χ1n) is 5.10. The second kappa shape index (κ2) is 6.42. The number of hydrogen-bond acceptors (Lipinski definition) is 6. The van der Waals surface area contributed by atoms with E-state index in [1.54, 1.807) is 7.11 Å². The predicted molar refractivity (Wildman–Crippen MR) is 69.1 cm³/mol. The molecule has 16 heavy (non-hydrogen) atoms. The van der Waals surface area contributed by atoms with Gasteiger partial charge in [0.15, 0.2) is 11.6 Å². The van der Waals surface area contributed by atoms with E-state index in [4.69, 9.17) is 10.5 Å². The first-order chi connectivity index (χ1) is 7.69. The molecule has 0 fully saturated rings. The maximum Gasteiger partial charge on any atom is 0.203 e. The van der Waals surface area contributed by atoms with E-state index >= 15 is 0 Å². The van der Waals surface area contributed by atoms with Crippen molar-refractivity contribution in [3.63, 3.8) is 0 Å². The smallest absolute Gasteiger partial charge is 0.203 e. The van der Waals surface area contributed by atoms with Crippen molar-refractivity contribution >= 4 is 23.4 Å². The van der Waals surface area contributed by atoms with Crippen LogP contribution in [0.15, 0.2) is 6.33 Å². The molecule has 0 radical (unpaired) electrons. The number of nitrogen functional groups attached to an aromatic ring is 1. The Morgan fingerprint density at radius 2 is 2.31 bits per heavy atom. The Hall–Kier alpha value is -1.17. The van der Waals surface area contributed by atoms with Gasteiger partial charge in [0.2, 0.25) is 5.75 Å². The minimum absolute atomic E-state index is 0.359. The largest absolute Gasteiger partial charge is 0.490 e. The van der Waals surface area contributed by atoms with Gasteiger partial charge in [-0.2, -0.15) is 11.8 Å². The van der Waals surface area contributed by atoms with E-state index in [0.717, 1.165) is 13.0 Å². The number of anilines is 2. The molecule has 0 saturated heterocycles. The molecule has 0 spiro atoms. The van der Waals surface area contributed by atoms with Gasteiger partial charge in [-0.15, -0.1) is 0 Å².